The average molecular weight is 353 g/mol. The van der Waals surface area contributed by atoms with Gasteiger partial charge in [-0.25, -0.2) is 0 Å². The first-order chi connectivity index (χ1) is 11.0. The van der Waals surface area contributed by atoms with Gasteiger partial charge in [-0.2, -0.15) is 0 Å². The lowest BCUT2D eigenvalue weighted by molar-refractivity contribution is -0.384. The molecule has 8 heteroatoms. The second-order valence-electron chi connectivity index (χ2n) is 5.09. The first-order valence-electron chi connectivity index (χ1n) is 6.90. The number of hydrogen-bond donors (Lipinski definition) is 0. The van der Waals surface area contributed by atoms with Crippen LogP contribution in [0, 0.1) is 17.0 Å². The molecule has 1 atom stereocenters. The van der Waals surface area contributed by atoms with Gasteiger partial charge in [0.05, 0.1) is 15.5 Å². The van der Waals surface area contributed by atoms with E-state index in [-0.39, 0.29) is 27.6 Å². The minimum atomic E-state index is -0.541. The second-order valence-corrected chi connectivity index (χ2v) is 6.69. The van der Waals surface area contributed by atoms with Gasteiger partial charge in [-0.05, 0) is 25.1 Å². The molecule has 1 fully saturated rings. The maximum absolute atomic E-state index is 12.8. The van der Waals surface area contributed by atoms with Crippen LogP contribution in [0.4, 0.5) is 5.69 Å². The van der Waals surface area contributed by atoms with Crippen LogP contribution >= 0.6 is 23.4 Å². The Balaban J connectivity index is 1.88. The Morgan fingerprint density at radius 2 is 2.22 bits per heavy atom. The molecule has 0 bridgehead atoms. The Morgan fingerprint density at radius 3 is 2.83 bits per heavy atom. The molecule has 0 saturated carbocycles. The fourth-order valence-electron chi connectivity index (χ4n) is 2.45. The van der Waals surface area contributed by atoms with Gasteiger partial charge in [-0.15, -0.1) is 11.8 Å². The fraction of sp³-hybridized carbons (Fsp3) is 0.267. The third-order valence-corrected chi connectivity index (χ3v) is 5.08. The molecule has 0 N–H and O–H groups in total. The van der Waals surface area contributed by atoms with E-state index >= 15 is 0 Å². The van der Waals surface area contributed by atoms with Crippen LogP contribution in [0.5, 0.6) is 0 Å². The Labute approximate surface area is 141 Å². The van der Waals surface area contributed by atoms with E-state index in [1.807, 2.05) is 19.1 Å². The zero-order valence-electron chi connectivity index (χ0n) is 12.2. The quantitative estimate of drug-likeness (QED) is 0.615. The minimum Gasteiger partial charge on any atom is -0.463 e. The summed E-state index contributed by atoms with van der Waals surface area (Å²) in [7, 11) is 0. The van der Waals surface area contributed by atoms with Crippen molar-refractivity contribution in [3.63, 3.8) is 0 Å². The molecule has 3 rings (SSSR count). The zero-order chi connectivity index (χ0) is 16.6. The van der Waals surface area contributed by atoms with E-state index < -0.39 is 4.92 Å². The monoisotopic (exact) mass is 352 g/mol. The number of amides is 1. The van der Waals surface area contributed by atoms with Crippen LogP contribution in [0.3, 0.4) is 0 Å². The van der Waals surface area contributed by atoms with E-state index in [2.05, 4.69) is 0 Å². The minimum absolute atomic E-state index is 0.0791. The topological polar surface area (TPSA) is 76.6 Å². The van der Waals surface area contributed by atoms with Gasteiger partial charge in [0.2, 0.25) is 0 Å². The number of nitro benzene ring substituents is 1. The summed E-state index contributed by atoms with van der Waals surface area (Å²) in [5.41, 5.74) is 0.119. The smallest absolute Gasteiger partial charge is 0.270 e. The largest absolute Gasteiger partial charge is 0.463 e. The summed E-state index contributed by atoms with van der Waals surface area (Å²) in [6.45, 7) is 2.42. The van der Waals surface area contributed by atoms with Gasteiger partial charge in [0.1, 0.15) is 16.9 Å². The lowest BCUT2D eigenvalue weighted by Gasteiger charge is -2.22. The molecular formula is C15H13ClN2O4S. The van der Waals surface area contributed by atoms with Gasteiger partial charge in [-0.1, -0.05) is 11.6 Å². The van der Waals surface area contributed by atoms with Gasteiger partial charge in [0.15, 0.2) is 0 Å². The van der Waals surface area contributed by atoms with Gasteiger partial charge in [0, 0.05) is 24.4 Å². The average Bonchev–Trinajstić information content (AvgIpc) is 3.14. The number of nitrogens with zero attached hydrogens (tertiary/aromatic N) is 2. The van der Waals surface area contributed by atoms with E-state index in [0.717, 1.165) is 17.3 Å². The molecule has 1 unspecified atom stereocenters. The molecule has 1 aliphatic rings. The molecule has 0 radical (unpaired) electrons. The number of carbonyl (C=O) groups excluding carboxylic acids is 1. The molecule has 1 aromatic heterocycles. The van der Waals surface area contributed by atoms with E-state index in [4.69, 9.17) is 16.0 Å². The van der Waals surface area contributed by atoms with Gasteiger partial charge < -0.3 is 9.32 Å². The summed E-state index contributed by atoms with van der Waals surface area (Å²) < 4.78 is 5.63. The van der Waals surface area contributed by atoms with Crippen molar-refractivity contribution in [3.05, 3.63) is 62.6 Å². The highest BCUT2D eigenvalue weighted by atomic mass is 35.5. The first kappa shape index (κ1) is 15.9. The van der Waals surface area contributed by atoms with Crippen molar-refractivity contribution in [1.82, 2.24) is 4.90 Å². The molecule has 1 amide bonds. The van der Waals surface area contributed by atoms with Crippen LogP contribution in [-0.4, -0.2) is 28.0 Å². The van der Waals surface area contributed by atoms with E-state index in [1.165, 1.54) is 18.2 Å². The molecule has 23 heavy (non-hydrogen) atoms. The number of carbonyl (C=O) groups is 1. The van der Waals surface area contributed by atoms with Crippen LogP contribution in [0.15, 0.2) is 34.7 Å². The highest BCUT2D eigenvalue weighted by Gasteiger charge is 2.34. The van der Waals surface area contributed by atoms with E-state index in [0.29, 0.717) is 6.54 Å². The molecular weight excluding hydrogens is 340 g/mol. The highest BCUT2D eigenvalue weighted by molar-refractivity contribution is 7.99. The van der Waals surface area contributed by atoms with E-state index in [9.17, 15) is 14.9 Å². The number of halogens is 1. The number of furan rings is 1. The third kappa shape index (κ3) is 3.07. The molecule has 0 aliphatic carbocycles. The summed E-state index contributed by atoms with van der Waals surface area (Å²) in [4.78, 5) is 24.7. The normalized spacial score (nSPS) is 17.5. The predicted molar refractivity (Wildman–Crippen MR) is 87.8 cm³/mol. The van der Waals surface area contributed by atoms with Gasteiger partial charge >= 0.3 is 0 Å². The predicted octanol–water partition coefficient (Wildman–Crippen LogP) is 4.04. The molecule has 0 spiro atoms. The van der Waals surface area contributed by atoms with Crippen LogP contribution in [-0.2, 0) is 0 Å². The van der Waals surface area contributed by atoms with Crippen LogP contribution in [0.25, 0.3) is 0 Å². The molecule has 1 aromatic carbocycles. The SMILES string of the molecule is Cc1ccc(C2SCCN2C(=O)c2ccc([N+](=O)[O-])cc2Cl)o1. The molecule has 2 aromatic rings. The Morgan fingerprint density at radius 1 is 1.43 bits per heavy atom. The molecule has 1 saturated heterocycles. The number of non-ortho nitro benzene ring substituents is 1. The Hall–Kier alpha value is -1.99. The second kappa shape index (κ2) is 6.25. The zero-order valence-corrected chi connectivity index (χ0v) is 13.8. The van der Waals surface area contributed by atoms with Crippen LogP contribution in [0.1, 0.15) is 27.3 Å². The van der Waals surface area contributed by atoms with Crippen molar-refractivity contribution >= 4 is 35.0 Å². The molecule has 6 nitrogen and oxygen atoms in total. The number of benzene rings is 1. The summed E-state index contributed by atoms with van der Waals surface area (Å²) >= 11 is 7.68. The molecule has 2 heterocycles. The standard InChI is InChI=1S/C15H13ClN2O4S/c1-9-2-5-13(22-9)15-17(6-7-23-15)14(19)11-4-3-10(18(20)21)8-12(11)16/h2-5,8,15H,6-7H2,1H3. The van der Waals surface area contributed by atoms with Gasteiger partial charge in [0.25, 0.3) is 11.6 Å². The maximum atomic E-state index is 12.8. The lowest BCUT2D eigenvalue weighted by Crippen LogP contribution is -2.30. The number of hydrogen-bond acceptors (Lipinski definition) is 5. The fourth-order valence-corrected chi connectivity index (χ4v) is 3.90. The number of thioether (sulfide) groups is 1. The summed E-state index contributed by atoms with van der Waals surface area (Å²) in [6.07, 6.45) is 0. The number of rotatable bonds is 3. The van der Waals surface area contributed by atoms with Crippen molar-refractivity contribution in [2.45, 2.75) is 12.3 Å². The highest BCUT2D eigenvalue weighted by Crippen LogP contribution is 2.40. The molecule has 1 aliphatic heterocycles. The van der Waals surface area contributed by atoms with Crippen molar-refractivity contribution in [3.8, 4) is 0 Å². The number of aryl methyl sites for hydroxylation is 1. The summed E-state index contributed by atoms with van der Waals surface area (Å²) in [5.74, 6) is 2.04. The van der Waals surface area contributed by atoms with Crippen molar-refractivity contribution in [2.75, 3.05) is 12.3 Å². The van der Waals surface area contributed by atoms with Gasteiger partial charge in [-0.3, -0.25) is 14.9 Å². The third-order valence-electron chi connectivity index (χ3n) is 3.55. The maximum Gasteiger partial charge on any atom is 0.270 e. The van der Waals surface area contributed by atoms with Crippen molar-refractivity contribution in [1.29, 1.82) is 0 Å². The first-order valence-corrected chi connectivity index (χ1v) is 8.33. The lowest BCUT2D eigenvalue weighted by atomic mass is 10.1. The van der Waals surface area contributed by atoms with Crippen molar-refractivity contribution in [2.24, 2.45) is 0 Å². The van der Waals surface area contributed by atoms with E-state index in [1.54, 1.807) is 16.7 Å². The van der Waals surface area contributed by atoms with Crippen LogP contribution in [0.2, 0.25) is 5.02 Å². The van der Waals surface area contributed by atoms with Crippen molar-refractivity contribution < 1.29 is 14.1 Å². The Bertz CT molecular complexity index is 777. The number of nitro groups is 1. The summed E-state index contributed by atoms with van der Waals surface area (Å²) in [6, 6.07) is 7.60. The Kier molecular flexibility index (Phi) is 4.32. The van der Waals surface area contributed by atoms with Crippen LogP contribution < -0.4 is 0 Å². The molecule has 120 valence electrons. The summed E-state index contributed by atoms with van der Waals surface area (Å²) in [5, 5.41) is 10.6.